The van der Waals surface area contributed by atoms with Gasteiger partial charge in [-0.05, 0) is 41.1 Å². The van der Waals surface area contributed by atoms with Gasteiger partial charge in [0.25, 0.3) is 11.8 Å². The highest BCUT2D eigenvalue weighted by molar-refractivity contribution is 6.31. The monoisotopic (exact) mass is 354 g/mol. The predicted octanol–water partition coefficient (Wildman–Crippen LogP) is 3.58. The Labute approximate surface area is 149 Å². The van der Waals surface area contributed by atoms with Crippen molar-refractivity contribution in [1.82, 2.24) is 10.9 Å². The van der Waals surface area contributed by atoms with Crippen molar-refractivity contribution in [1.29, 1.82) is 0 Å². The molecule has 0 fully saturated rings. The molecule has 0 aromatic heterocycles. The Morgan fingerprint density at radius 2 is 1.56 bits per heavy atom. The summed E-state index contributed by atoms with van der Waals surface area (Å²) in [7, 11) is 1.49. The molecule has 0 atom stereocenters. The number of carbonyl (C=O) groups excluding carboxylic acids is 2. The second kappa shape index (κ2) is 7.23. The maximum atomic E-state index is 12.4. The van der Waals surface area contributed by atoms with E-state index in [0.717, 1.165) is 10.8 Å². The third-order valence-corrected chi connectivity index (χ3v) is 3.92. The Morgan fingerprint density at radius 1 is 0.880 bits per heavy atom. The number of hydrazine groups is 1. The molecule has 3 aromatic carbocycles. The van der Waals surface area contributed by atoms with E-state index in [4.69, 9.17) is 16.3 Å². The lowest BCUT2D eigenvalue weighted by Crippen LogP contribution is -2.41. The summed E-state index contributed by atoms with van der Waals surface area (Å²) in [6, 6.07) is 17.6. The highest BCUT2D eigenvalue weighted by Gasteiger charge is 2.15. The Balaban J connectivity index is 1.79. The van der Waals surface area contributed by atoms with Crippen LogP contribution in [0.15, 0.2) is 60.7 Å². The molecule has 2 N–H and O–H groups in total. The van der Waals surface area contributed by atoms with Gasteiger partial charge in [-0.15, -0.1) is 0 Å². The number of hydrogen-bond donors (Lipinski definition) is 2. The Kier molecular flexibility index (Phi) is 4.86. The average Bonchev–Trinajstić information content (AvgIpc) is 2.64. The summed E-state index contributed by atoms with van der Waals surface area (Å²) < 4.78 is 5.29. The van der Waals surface area contributed by atoms with Gasteiger partial charge in [-0.2, -0.15) is 0 Å². The minimum absolute atomic E-state index is 0.326. The quantitative estimate of drug-likeness (QED) is 0.706. The molecule has 0 heterocycles. The first-order valence-electron chi connectivity index (χ1n) is 7.51. The van der Waals surface area contributed by atoms with Crippen LogP contribution in [0.1, 0.15) is 20.7 Å². The third-order valence-electron chi connectivity index (χ3n) is 3.69. The standard InChI is InChI=1S/C19H15ClN2O3/c1-25-17-11-13-6-3-2-5-12(13)10-16(17)19(24)22-21-18(23)14-7-4-8-15(20)9-14/h2-11H,1H3,(H,21,23)(H,22,24). The summed E-state index contributed by atoms with van der Waals surface area (Å²) in [6.45, 7) is 0. The molecule has 5 nitrogen and oxygen atoms in total. The molecule has 0 aliphatic carbocycles. The fourth-order valence-corrected chi connectivity index (χ4v) is 2.64. The van der Waals surface area contributed by atoms with E-state index in [-0.39, 0.29) is 0 Å². The van der Waals surface area contributed by atoms with Crippen molar-refractivity contribution in [2.24, 2.45) is 0 Å². The minimum Gasteiger partial charge on any atom is -0.496 e. The van der Waals surface area contributed by atoms with Crippen LogP contribution in [-0.2, 0) is 0 Å². The normalized spacial score (nSPS) is 10.3. The number of carbonyl (C=O) groups is 2. The number of methoxy groups -OCH3 is 1. The molecule has 0 saturated carbocycles. The van der Waals surface area contributed by atoms with Gasteiger partial charge in [0.05, 0.1) is 12.7 Å². The largest absolute Gasteiger partial charge is 0.496 e. The minimum atomic E-state index is -0.474. The maximum Gasteiger partial charge on any atom is 0.273 e. The fraction of sp³-hybridized carbons (Fsp3) is 0.0526. The van der Waals surface area contributed by atoms with Crippen LogP contribution < -0.4 is 15.6 Å². The number of nitrogens with one attached hydrogen (secondary N) is 2. The molecule has 0 radical (unpaired) electrons. The van der Waals surface area contributed by atoms with Crippen molar-refractivity contribution in [2.75, 3.05) is 7.11 Å². The lowest BCUT2D eigenvalue weighted by Gasteiger charge is -2.12. The summed E-state index contributed by atoms with van der Waals surface area (Å²) >= 11 is 5.86. The molecule has 6 heteroatoms. The molecule has 126 valence electrons. The molecule has 3 rings (SSSR count). The van der Waals surface area contributed by atoms with Crippen LogP contribution in [0, 0.1) is 0 Å². The summed E-state index contributed by atoms with van der Waals surface area (Å²) in [5.41, 5.74) is 5.44. The van der Waals surface area contributed by atoms with Gasteiger partial charge in [-0.25, -0.2) is 0 Å². The van der Waals surface area contributed by atoms with Gasteiger partial charge in [0.15, 0.2) is 0 Å². The number of amides is 2. The van der Waals surface area contributed by atoms with Crippen LogP contribution >= 0.6 is 11.6 Å². The van der Waals surface area contributed by atoms with Crippen LogP contribution in [0.2, 0.25) is 5.02 Å². The molecule has 0 aliphatic heterocycles. The van der Waals surface area contributed by atoms with Gasteiger partial charge in [0, 0.05) is 10.6 Å². The lowest BCUT2D eigenvalue weighted by atomic mass is 10.1. The van der Waals surface area contributed by atoms with Crippen LogP contribution in [0.3, 0.4) is 0 Å². The van der Waals surface area contributed by atoms with Crippen molar-refractivity contribution in [3.63, 3.8) is 0 Å². The number of fused-ring (bicyclic) bond motifs is 1. The highest BCUT2D eigenvalue weighted by Crippen LogP contribution is 2.25. The molecule has 2 amide bonds. The van der Waals surface area contributed by atoms with E-state index >= 15 is 0 Å². The highest BCUT2D eigenvalue weighted by atomic mass is 35.5. The van der Waals surface area contributed by atoms with Gasteiger partial charge in [0.1, 0.15) is 5.75 Å². The van der Waals surface area contributed by atoms with Crippen molar-refractivity contribution in [3.8, 4) is 5.75 Å². The van der Waals surface area contributed by atoms with E-state index in [1.54, 1.807) is 30.3 Å². The zero-order valence-corrected chi connectivity index (χ0v) is 14.1. The van der Waals surface area contributed by atoms with Crippen LogP contribution in [0.5, 0.6) is 5.75 Å². The number of hydrogen-bond acceptors (Lipinski definition) is 3. The first-order valence-corrected chi connectivity index (χ1v) is 7.89. The summed E-state index contributed by atoms with van der Waals surface area (Å²) in [5.74, 6) is -0.512. The van der Waals surface area contributed by atoms with Crippen LogP contribution in [0.25, 0.3) is 10.8 Å². The predicted molar refractivity (Wildman–Crippen MR) is 96.9 cm³/mol. The van der Waals surface area contributed by atoms with E-state index < -0.39 is 11.8 Å². The number of benzene rings is 3. The van der Waals surface area contributed by atoms with Gasteiger partial charge in [-0.3, -0.25) is 20.4 Å². The second-order valence-electron chi connectivity index (χ2n) is 5.32. The molecule has 3 aromatic rings. The molecule has 0 saturated heterocycles. The van der Waals surface area contributed by atoms with Crippen LogP contribution in [0.4, 0.5) is 0 Å². The SMILES string of the molecule is COc1cc2ccccc2cc1C(=O)NNC(=O)c1cccc(Cl)c1. The first kappa shape index (κ1) is 16.8. The first-order chi connectivity index (χ1) is 12.1. The van der Waals surface area contributed by atoms with Crippen molar-refractivity contribution in [3.05, 3.63) is 76.8 Å². The second-order valence-corrected chi connectivity index (χ2v) is 5.75. The van der Waals surface area contributed by atoms with E-state index in [2.05, 4.69) is 10.9 Å². The van der Waals surface area contributed by atoms with Gasteiger partial charge in [-0.1, -0.05) is 41.9 Å². The summed E-state index contributed by atoms with van der Waals surface area (Å²) in [5, 5.41) is 2.30. The van der Waals surface area contributed by atoms with Crippen molar-refractivity contribution >= 4 is 34.2 Å². The zero-order valence-electron chi connectivity index (χ0n) is 13.4. The van der Waals surface area contributed by atoms with E-state index in [1.807, 2.05) is 24.3 Å². The van der Waals surface area contributed by atoms with E-state index in [9.17, 15) is 9.59 Å². The number of rotatable bonds is 3. The van der Waals surface area contributed by atoms with Crippen molar-refractivity contribution < 1.29 is 14.3 Å². The summed E-state index contributed by atoms with van der Waals surface area (Å²) in [4.78, 5) is 24.5. The number of halogens is 1. The zero-order chi connectivity index (χ0) is 17.8. The van der Waals surface area contributed by atoms with Crippen LogP contribution in [-0.4, -0.2) is 18.9 Å². The Morgan fingerprint density at radius 3 is 2.24 bits per heavy atom. The number of ether oxygens (including phenoxy) is 1. The molecule has 0 unspecified atom stereocenters. The van der Waals surface area contributed by atoms with E-state index in [1.165, 1.54) is 13.2 Å². The maximum absolute atomic E-state index is 12.4. The smallest absolute Gasteiger partial charge is 0.273 e. The van der Waals surface area contributed by atoms with E-state index in [0.29, 0.717) is 21.9 Å². The van der Waals surface area contributed by atoms with Crippen molar-refractivity contribution in [2.45, 2.75) is 0 Å². The average molecular weight is 355 g/mol. The van der Waals surface area contributed by atoms with Gasteiger partial charge in [0.2, 0.25) is 0 Å². The Bertz CT molecular complexity index is 956. The van der Waals surface area contributed by atoms with Gasteiger partial charge >= 0.3 is 0 Å². The lowest BCUT2D eigenvalue weighted by molar-refractivity contribution is 0.0845. The summed E-state index contributed by atoms with van der Waals surface area (Å²) in [6.07, 6.45) is 0. The molecular weight excluding hydrogens is 340 g/mol. The topological polar surface area (TPSA) is 67.4 Å². The van der Waals surface area contributed by atoms with Gasteiger partial charge < -0.3 is 4.74 Å². The fourth-order valence-electron chi connectivity index (χ4n) is 2.45. The molecule has 0 spiro atoms. The molecule has 0 aliphatic rings. The molecule has 0 bridgehead atoms. The third kappa shape index (κ3) is 3.72. The molecular formula is C19H15ClN2O3. The Hall–Kier alpha value is -3.05. The molecule has 25 heavy (non-hydrogen) atoms.